The van der Waals surface area contributed by atoms with Crippen molar-refractivity contribution in [3.63, 3.8) is 0 Å². The molecule has 1 heterocycles. The van der Waals surface area contributed by atoms with Crippen LogP contribution in [0.25, 0.3) is 11.6 Å². The lowest BCUT2D eigenvalue weighted by Gasteiger charge is -2.19. The second-order valence-electron chi connectivity index (χ2n) is 5.60. The number of quaternary nitrogens is 1. The second-order valence-corrected chi connectivity index (χ2v) is 5.60. The van der Waals surface area contributed by atoms with E-state index in [0.717, 1.165) is 6.54 Å². The Hall–Kier alpha value is -2.89. The number of nitrogens with one attached hydrogen (secondary N) is 1. The number of rotatable bonds is 2. The van der Waals surface area contributed by atoms with Crippen molar-refractivity contribution in [2.24, 2.45) is 0 Å². The molecule has 0 radical (unpaired) electrons. The van der Waals surface area contributed by atoms with Crippen LogP contribution in [-0.4, -0.2) is 0 Å². The first kappa shape index (κ1) is 12.8. The van der Waals surface area contributed by atoms with Crippen molar-refractivity contribution in [3.05, 3.63) is 94.8 Å². The molecule has 1 atom stereocenters. The molecule has 104 valence electrons. The lowest BCUT2D eigenvalue weighted by atomic mass is 10.0. The van der Waals surface area contributed by atoms with Gasteiger partial charge < -0.3 is 0 Å². The molecule has 0 amide bonds. The molecule has 0 saturated carbocycles. The van der Waals surface area contributed by atoms with Gasteiger partial charge in [0.05, 0.1) is 17.8 Å². The summed E-state index contributed by atoms with van der Waals surface area (Å²) in [7, 11) is 0. The first-order valence-electron chi connectivity index (χ1n) is 7.40. The largest absolute Gasteiger partial charge is 0.272 e. The molecule has 0 aromatic heterocycles. The maximum absolute atomic E-state index is 9.11. The van der Waals surface area contributed by atoms with Crippen molar-refractivity contribution in [3.8, 4) is 6.07 Å². The minimum Gasteiger partial charge on any atom is -0.272 e. The average molecular weight is 283 g/mol. The average Bonchev–Trinajstić information content (AvgIpc) is 2.95. The van der Waals surface area contributed by atoms with Crippen LogP contribution in [0.2, 0.25) is 0 Å². The number of nitrogens with zero attached hydrogens (tertiary/aromatic N) is 1. The molecule has 1 unspecified atom stereocenters. The van der Waals surface area contributed by atoms with Crippen LogP contribution in [-0.2, 0) is 6.54 Å². The molecule has 2 aromatic carbocycles. The molecule has 2 heteroatoms. The minimum atomic E-state index is 0.716. The maximum atomic E-state index is 9.11. The highest BCUT2D eigenvalue weighted by Gasteiger charge is 2.28. The van der Waals surface area contributed by atoms with Crippen molar-refractivity contribution in [1.29, 1.82) is 5.26 Å². The zero-order valence-electron chi connectivity index (χ0n) is 12.1. The van der Waals surface area contributed by atoms with Crippen LogP contribution in [0.5, 0.6) is 0 Å². The number of hydrogen-bond acceptors (Lipinski definition) is 1. The summed E-state index contributed by atoms with van der Waals surface area (Å²) in [5.74, 6) is 0. The lowest BCUT2D eigenvalue weighted by molar-refractivity contribution is -0.814. The van der Waals surface area contributed by atoms with Gasteiger partial charge in [-0.25, -0.2) is 0 Å². The Balaban J connectivity index is 1.70. The van der Waals surface area contributed by atoms with Gasteiger partial charge in [0.15, 0.2) is 0 Å². The highest BCUT2D eigenvalue weighted by Crippen LogP contribution is 2.34. The van der Waals surface area contributed by atoms with E-state index in [0.29, 0.717) is 5.56 Å². The molecule has 2 aromatic rings. The van der Waals surface area contributed by atoms with Gasteiger partial charge in [0.25, 0.3) is 0 Å². The quantitative estimate of drug-likeness (QED) is 0.902. The fourth-order valence-corrected chi connectivity index (χ4v) is 3.13. The SMILES string of the molecule is N#Cc1ccc2c(c1)C1=CC=C[NH+](Cc3ccccc3)C1=C2. The van der Waals surface area contributed by atoms with Gasteiger partial charge in [-0.3, -0.25) is 4.90 Å². The molecule has 4 rings (SSSR count). The van der Waals surface area contributed by atoms with E-state index in [1.165, 1.54) is 32.9 Å². The third-order valence-corrected chi connectivity index (χ3v) is 4.21. The second kappa shape index (κ2) is 5.14. The molecule has 0 spiro atoms. The summed E-state index contributed by atoms with van der Waals surface area (Å²) in [6.07, 6.45) is 8.69. The van der Waals surface area contributed by atoms with E-state index in [-0.39, 0.29) is 0 Å². The molecular weight excluding hydrogens is 268 g/mol. The summed E-state index contributed by atoms with van der Waals surface area (Å²) in [4.78, 5) is 1.33. The summed E-state index contributed by atoms with van der Waals surface area (Å²) in [6, 6.07) is 18.7. The fraction of sp³-hybridized carbons (Fsp3) is 0.0500. The van der Waals surface area contributed by atoms with Gasteiger partial charge in [0.1, 0.15) is 12.2 Å². The van der Waals surface area contributed by atoms with Crippen molar-refractivity contribution in [2.75, 3.05) is 0 Å². The van der Waals surface area contributed by atoms with Gasteiger partial charge in [-0.15, -0.1) is 0 Å². The summed E-state index contributed by atoms with van der Waals surface area (Å²) in [5.41, 5.74) is 6.93. The molecule has 2 aliphatic rings. The molecule has 0 saturated heterocycles. The van der Waals surface area contributed by atoms with Gasteiger partial charge in [-0.1, -0.05) is 36.4 Å². The molecule has 0 bridgehead atoms. The monoisotopic (exact) mass is 283 g/mol. The van der Waals surface area contributed by atoms with Crippen molar-refractivity contribution in [2.45, 2.75) is 6.54 Å². The number of hydrogen-bond donors (Lipinski definition) is 1. The third-order valence-electron chi connectivity index (χ3n) is 4.21. The minimum absolute atomic E-state index is 0.716. The topological polar surface area (TPSA) is 28.2 Å². The Morgan fingerprint density at radius 2 is 1.91 bits per heavy atom. The van der Waals surface area contributed by atoms with Gasteiger partial charge in [-0.05, 0) is 35.4 Å². The van der Waals surface area contributed by atoms with Crippen molar-refractivity contribution in [1.82, 2.24) is 0 Å². The fourth-order valence-electron chi connectivity index (χ4n) is 3.13. The molecule has 22 heavy (non-hydrogen) atoms. The summed E-state index contributed by atoms with van der Waals surface area (Å²) >= 11 is 0. The normalized spacial score (nSPS) is 18.0. The van der Waals surface area contributed by atoms with E-state index in [4.69, 9.17) is 5.26 Å². The van der Waals surface area contributed by atoms with E-state index < -0.39 is 0 Å². The van der Waals surface area contributed by atoms with Crippen LogP contribution >= 0.6 is 0 Å². The van der Waals surface area contributed by atoms with Crippen molar-refractivity contribution >= 4 is 11.6 Å². The summed E-state index contributed by atoms with van der Waals surface area (Å²) in [6.45, 7) is 0.930. The molecule has 1 aliphatic carbocycles. The molecule has 0 fully saturated rings. The van der Waals surface area contributed by atoms with Crippen LogP contribution in [0.4, 0.5) is 0 Å². The van der Waals surface area contributed by atoms with E-state index in [1.54, 1.807) is 0 Å². The lowest BCUT2D eigenvalue weighted by Crippen LogP contribution is -3.04. The number of benzene rings is 2. The number of allylic oxidation sites excluding steroid dienone is 3. The Kier molecular flexibility index (Phi) is 3.00. The van der Waals surface area contributed by atoms with Gasteiger partial charge in [0, 0.05) is 17.2 Å². The number of fused-ring (bicyclic) bond motifs is 3. The van der Waals surface area contributed by atoms with Crippen LogP contribution in [0, 0.1) is 11.3 Å². The Morgan fingerprint density at radius 3 is 2.73 bits per heavy atom. The maximum Gasteiger partial charge on any atom is 0.144 e. The first-order chi connectivity index (χ1) is 10.8. The predicted octanol–water partition coefficient (Wildman–Crippen LogP) is 2.91. The molecule has 2 nitrogen and oxygen atoms in total. The predicted molar refractivity (Wildman–Crippen MR) is 87.4 cm³/mol. The van der Waals surface area contributed by atoms with Crippen LogP contribution in [0.15, 0.2) is 72.6 Å². The highest BCUT2D eigenvalue weighted by atomic mass is 15.1. The molecule has 1 aliphatic heterocycles. The van der Waals surface area contributed by atoms with Crippen LogP contribution in [0.1, 0.15) is 22.3 Å². The zero-order valence-corrected chi connectivity index (χ0v) is 12.1. The van der Waals surface area contributed by atoms with E-state index in [1.807, 2.05) is 24.3 Å². The van der Waals surface area contributed by atoms with Crippen molar-refractivity contribution < 1.29 is 4.90 Å². The Bertz CT molecular complexity index is 864. The van der Waals surface area contributed by atoms with Gasteiger partial charge >= 0.3 is 0 Å². The zero-order chi connectivity index (χ0) is 14.9. The highest BCUT2D eigenvalue weighted by molar-refractivity contribution is 5.93. The van der Waals surface area contributed by atoms with E-state index in [9.17, 15) is 0 Å². The Labute approximate surface area is 129 Å². The summed E-state index contributed by atoms with van der Waals surface area (Å²) in [5, 5.41) is 9.11. The van der Waals surface area contributed by atoms with Gasteiger partial charge in [0.2, 0.25) is 0 Å². The van der Waals surface area contributed by atoms with E-state index >= 15 is 0 Å². The number of nitriles is 1. The van der Waals surface area contributed by atoms with Crippen LogP contribution in [0.3, 0.4) is 0 Å². The first-order valence-corrected chi connectivity index (χ1v) is 7.40. The smallest absolute Gasteiger partial charge is 0.144 e. The summed E-state index contributed by atoms with van der Waals surface area (Å²) < 4.78 is 0. The standard InChI is InChI=1S/C20H14N2/c21-13-16-8-9-17-12-20-18(19(17)11-16)7-4-10-22(20)14-15-5-2-1-3-6-15/h1-12H,14H2/p+1. The molecule has 1 N–H and O–H groups in total. The Morgan fingerprint density at radius 1 is 1.05 bits per heavy atom. The molecular formula is C20H15N2+. The van der Waals surface area contributed by atoms with E-state index in [2.05, 4.69) is 54.8 Å². The van der Waals surface area contributed by atoms with Gasteiger partial charge in [-0.2, -0.15) is 5.26 Å². The third kappa shape index (κ3) is 2.09. The van der Waals surface area contributed by atoms with Crippen LogP contribution < -0.4 is 4.90 Å².